The monoisotopic (exact) mass is 282 g/mol. The summed E-state index contributed by atoms with van der Waals surface area (Å²) in [5, 5.41) is 2.14. The van der Waals surface area contributed by atoms with Crippen LogP contribution in [0.3, 0.4) is 0 Å². The molecule has 0 saturated carbocycles. The first-order valence-electron chi connectivity index (χ1n) is 6.65. The average Bonchev–Trinajstić information content (AvgIpc) is 2.53. The molecule has 3 rings (SSSR count). The first kappa shape index (κ1) is 13.4. The van der Waals surface area contributed by atoms with Crippen LogP contribution in [0.2, 0.25) is 0 Å². The second-order valence-corrected chi connectivity index (χ2v) is 4.84. The van der Waals surface area contributed by atoms with Gasteiger partial charge in [-0.15, -0.1) is 0 Å². The molecule has 2 aromatic rings. The number of methoxy groups -OCH3 is 1. The Morgan fingerprint density at radius 1 is 1.19 bits per heavy atom. The summed E-state index contributed by atoms with van der Waals surface area (Å²) >= 11 is 0. The van der Waals surface area contributed by atoms with Gasteiger partial charge in [0.15, 0.2) is 5.78 Å². The van der Waals surface area contributed by atoms with Crippen molar-refractivity contribution in [2.75, 3.05) is 7.11 Å². The van der Waals surface area contributed by atoms with Gasteiger partial charge in [0.25, 0.3) is 0 Å². The van der Waals surface area contributed by atoms with Crippen molar-refractivity contribution in [2.24, 2.45) is 0 Å². The molecule has 1 aliphatic heterocycles. The Balaban J connectivity index is 1.97. The maximum absolute atomic E-state index is 12.1. The number of benzene rings is 2. The smallest absolute Gasteiger partial charge is 0.344 e. The molecule has 0 aliphatic carbocycles. The molecule has 0 saturated heterocycles. The standard InChI is InChI=1S/C17H14O4/c1-20-17(19)14-10-21-16(9-15(14)18)13-8-4-6-11-5-2-3-7-12(11)13/h2-8,10,16H,9H2,1H3. The highest BCUT2D eigenvalue weighted by molar-refractivity contribution is 6.17. The Kier molecular flexibility index (Phi) is 3.44. The summed E-state index contributed by atoms with van der Waals surface area (Å²) in [6, 6.07) is 13.8. The predicted molar refractivity (Wildman–Crippen MR) is 77.5 cm³/mol. The molecule has 1 atom stereocenters. The van der Waals surface area contributed by atoms with Gasteiger partial charge in [-0.1, -0.05) is 42.5 Å². The normalized spacial score (nSPS) is 18.0. The summed E-state index contributed by atoms with van der Waals surface area (Å²) in [5.41, 5.74) is 0.913. The third-order valence-corrected chi connectivity index (χ3v) is 3.60. The number of Topliss-reactive ketones (excluding diaryl/α,β-unsaturated/α-hetero) is 1. The summed E-state index contributed by atoms with van der Waals surface area (Å²) in [6.07, 6.45) is 0.969. The van der Waals surface area contributed by atoms with Gasteiger partial charge in [-0.25, -0.2) is 4.79 Å². The van der Waals surface area contributed by atoms with Crippen LogP contribution in [-0.4, -0.2) is 18.9 Å². The Labute approximate surface area is 122 Å². The highest BCUT2D eigenvalue weighted by atomic mass is 16.5. The van der Waals surface area contributed by atoms with Crippen molar-refractivity contribution in [3.05, 3.63) is 59.9 Å². The van der Waals surface area contributed by atoms with Crippen molar-refractivity contribution >= 4 is 22.5 Å². The fourth-order valence-corrected chi connectivity index (χ4v) is 2.53. The zero-order chi connectivity index (χ0) is 14.8. The third-order valence-electron chi connectivity index (χ3n) is 3.60. The summed E-state index contributed by atoms with van der Waals surface area (Å²) in [6.45, 7) is 0. The number of carbonyl (C=O) groups excluding carboxylic acids is 2. The zero-order valence-corrected chi connectivity index (χ0v) is 11.5. The van der Waals surface area contributed by atoms with Crippen LogP contribution < -0.4 is 0 Å². The molecule has 2 aromatic carbocycles. The summed E-state index contributed by atoms with van der Waals surface area (Å²) < 4.78 is 10.2. The van der Waals surface area contributed by atoms with E-state index >= 15 is 0 Å². The molecule has 1 unspecified atom stereocenters. The molecule has 4 nitrogen and oxygen atoms in total. The van der Waals surface area contributed by atoms with Gasteiger partial charge in [-0.2, -0.15) is 0 Å². The van der Waals surface area contributed by atoms with Crippen LogP contribution in [0, 0.1) is 0 Å². The fraction of sp³-hybridized carbons (Fsp3) is 0.176. The number of hydrogen-bond acceptors (Lipinski definition) is 4. The molecule has 0 fully saturated rings. The molecular formula is C17H14O4. The lowest BCUT2D eigenvalue weighted by Gasteiger charge is -2.22. The molecule has 0 aromatic heterocycles. The van der Waals surface area contributed by atoms with Gasteiger partial charge in [0.05, 0.1) is 13.5 Å². The van der Waals surface area contributed by atoms with Crippen molar-refractivity contribution in [1.29, 1.82) is 0 Å². The van der Waals surface area contributed by atoms with E-state index in [1.54, 1.807) is 0 Å². The second-order valence-electron chi connectivity index (χ2n) is 4.84. The predicted octanol–water partition coefficient (Wildman–Crippen LogP) is 2.93. The topological polar surface area (TPSA) is 52.6 Å². The Morgan fingerprint density at radius 3 is 2.71 bits per heavy atom. The van der Waals surface area contributed by atoms with Gasteiger partial charge in [0, 0.05) is 5.56 Å². The van der Waals surface area contributed by atoms with E-state index in [0.29, 0.717) is 0 Å². The molecule has 1 heterocycles. The van der Waals surface area contributed by atoms with Crippen molar-refractivity contribution in [3.63, 3.8) is 0 Å². The molecular weight excluding hydrogens is 268 g/mol. The van der Waals surface area contributed by atoms with E-state index in [-0.39, 0.29) is 23.9 Å². The molecule has 4 heteroatoms. The van der Waals surface area contributed by atoms with Gasteiger partial charge in [-0.05, 0) is 10.8 Å². The van der Waals surface area contributed by atoms with Gasteiger partial charge in [-0.3, -0.25) is 4.79 Å². The van der Waals surface area contributed by atoms with E-state index in [1.165, 1.54) is 13.4 Å². The third kappa shape index (κ3) is 2.40. The summed E-state index contributed by atoms with van der Waals surface area (Å²) in [5.74, 6) is -0.914. The highest BCUT2D eigenvalue weighted by Crippen LogP contribution is 2.32. The maximum atomic E-state index is 12.1. The minimum absolute atomic E-state index is 0.0333. The minimum atomic E-state index is -0.656. The molecule has 0 N–H and O–H groups in total. The minimum Gasteiger partial charge on any atom is -0.492 e. The Hall–Kier alpha value is -2.62. The van der Waals surface area contributed by atoms with Crippen molar-refractivity contribution in [1.82, 2.24) is 0 Å². The zero-order valence-electron chi connectivity index (χ0n) is 11.5. The number of ether oxygens (including phenoxy) is 2. The maximum Gasteiger partial charge on any atom is 0.344 e. The van der Waals surface area contributed by atoms with Crippen LogP contribution in [0.4, 0.5) is 0 Å². The lowest BCUT2D eigenvalue weighted by molar-refractivity contribution is -0.139. The SMILES string of the molecule is COC(=O)C1=COC(c2cccc3ccccc23)CC1=O. The van der Waals surface area contributed by atoms with Crippen LogP contribution in [0.1, 0.15) is 18.1 Å². The summed E-state index contributed by atoms with van der Waals surface area (Å²) in [7, 11) is 1.24. The lowest BCUT2D eigenvalue weighted by atomic mass is 9.94. The van der Waals surface area contributed by atoms with Gasteiger partial charge >= 0.3 is 5.97 Å². The summed E-state index contributed by atoms with van der Waals surface area (Å²) in [4.78, 5) is 23.5. The first-order chi connectivity index (χ1) is 10.2. The van der Waals surface area contributed by atoms with E-state index in [2.05, 4.69) is 4.74 Å². The van der Waals surface area contributed by atoms with Gasteiger partial charge < -0.3 is 9.47 Å². The Bertz CT molecular complexity index is 740. The van der Waals surface area contributed by atoms with Crippen LogP contribution >= 0.6 is 0 Å². The highest BCUT2D eigenvalue weighted by Gasteiger charge is 2.29. The first-order valence-corrected chi connectivity index (χ1v) is 6.65. The number of ketones is 1. The molecule has 0 spiro atoms. The molecule has 0 bridgehead atoms. The van der Waals surface area contributed by atoms with Gasteiger partial charge in [0.1, 0.15) is 17.9 Å². The second kappa shape index (κ2) is 5.40. The van der Waals surface area contributed by atoms with E-state index in [1.807, 2.05) is 42.5 Å². The number of hydrogen-bond donors (Lipinski definition) is 0. The van der Waals surface area contributed by atoms with Crippen molar-refractivity contribution in [2.45, 2.75) is 12.5 Å². The Morgan fingerprint density at radius 2 is 1.95 bits per heavy atom. The van der Waals surface area contributed by atoms with Crippen LogP contribution in [0.5, 0.6) is 0 Å². The van der Waals surface area contributed by atoms with Crippen LogP contribution in [0.25, 0.3) is 10.8 Å². The molecule has 21 heavy (non-hydrogen) atoms. The molecule has 0 radical (unpaired) electrons. The number of esters is 1. The number of rotatable bonds is 2. The molecule has 0 amide bonds. The van der Waals surface area contributed by atoms with Crippen LogP contribution in [0.15, 0.2) is 54.3 Å². The lowest BCUT2D eigenvalue weighted by Crippen LogP contribution is -2.22. The van der Waals surface area contributed by atoms with E-state index in [9.17, 15) is 9.59 Å². The van der Waals surface area contributed by atoms with Crippen molar-refractivity contribution in [3.8, 4) is 0 Å². The van der Waals surface area contributed by atoms with Crippen molar-refractivity contribution < 1.29 is 19.1 Å². The number of carbonyl (C=O) groups is 2. The van der Waals surface area contributed by atoms with Crippen LogP contribution in [-0.2, 0) is 19.1 Å². The molecule has 106 valence electrons. The largest absolute Gasteiger partial charge is 0.492 e. The fourth-order valence-electron chi connectivity index (χ4n) is 2.53. The van der Waals surface area contributed by atoms with E-state index < -0.39 is 5.97 Å². The quantitative estimate of drug-likeness (QED) is 0.627. The van der Waals surface area contributed by atoms with Gasteiger partial charge in [0.2, 0.25) is 0 Å². The average molecular weight is 282 g/mol. The molecule has 1 aliphatic rings. The number of fused-ring (bicyclic) bond motifs is 1. The van der Waals surface area contributed by atoms with E-state index in [4.69, 9.17) is 4.74 Å². The van der Waals surface area contributed by atoms with E-state index in [0.717, 1.165) is 16.3 Å².